The first-order chi connectivity index (χ1) is 10.7. The third-order valence-corrected chi connectivity index (χ3v) is 4.74. The smallest absolute Gasteiger partial charge is 0.250 e. The first-order valence-electron chi connectivity index (χ1n) is 8.14. The van der Waals surface area contributed by atoms with Gasteiger partial charge in [-0.2, -0.15) is 0 Å². The molecule has 1 heterocycles. The number of primary amides is 1. The van der Waals surface area contributed by atoms with Gasteiger partial charge in [0, 0.05) is 30.7 Å². The van der Waals surface area contributed by atoms with Gasteiger partial charge in [0.2, 0.25) is 5.91 Å². The molecule has 3 N–H and O–H groups in total. The summed E-state index contributed by atoms with van der Waals surface area (Å²) >= 11 is 0. The number of nitrogens with zero attached hydrogens (tertiary/aromatic N) is 1. The summed E-state index contributed by atoms with van der Waals surface area (Å²) in [5, 5.41) is 3.14. The minimum absolute atomic E-state index is 0.0468. The largest absolute Gasteiger partial charge is 0.369 e. The maximum absolute atomic E-state index is 12.4. The summed E-state index contributed by atoms with van der Waals surface area (Å²) in [6.07, 6.45) is 0.871. The molecule has 126 valence electrons. The van der Waals surface area contributed by atoms with E-state index in [0.29, 0.717) is 12.1 Å². The Hall–Kier alpha value is -2.04. The summed E-state index contributed by atoms with van der Waals surface area (Å²) in [7, 11) is 0. The fourth-order valence-electron chi connectivity index (χ4n) is 2.77. The zero-order chi connectivity index (χ0) is 17.2. The van der Waals surface area contributed by atoms with Crippen molar-refractivity contribution in [1.82, 2.24) is 5.32 Å². The van der Waals surface area contributed by atoms with Crippen LogP contribution in [0.5, 0.6) is 0 Å². The number of carbonyl (C=O) groups excluding carboxylic acids is 2. The summed E-state index contributed by atoms with van der Waals surface area (Å²) in [6.45, 7) is 9.68. The Balaban J connectivity index is 2.02. The van der Waals surface area contributed by atoms with Gasteiger partial charge in [0.05, 0.1) is 5.56 Å². The summed E-state index contributed by atoms with van der Waals surface area (Å²) in [5.74, 6) is -0.378. The molecule has 2 amide bonds. The van der Waals surface area contributed by atoms with Gasteiger partial charge in [0.15, 0.2) is 0 Å². The van der Waals surface area contributed by atoms with Crippen molar-refractivity contribution >= 4 is 17.5 Å². The van der Waals surface area contributed by atoms with Gasteiger partial charge in [0.25, 0.3) is 5.91 Å². The molecule has 23 heavy (non-hydrogen) atoms. The number of anilines is 1. The van der Waals surface area contributed by atoms with Crippen LogP contribution in [-0.2, 0) is 4.79 Å². The molecule has 0 aliphatic carbocycles. The second kappa shape index (κ2) is 6.60. The third kappa shape index (κ3) is 4.03. The Morgan fingerprint density at radius 1 is 1.30 bits per heavy atom. The summed E-state index contributed by atoms with van der Waals surface area (Å²) in [5.41, 5.74) is 6.77. The van der Waals surface area contributed by atoms with Crippen LogP contribution in [-0.4, -0.2) is 30.9 Å². The Kier molecular flexibility index (Phi) is 4.97. The number of hydrogen-bond acceptors (Lipinski definition) is 3. The average Bonchev–Trinajstić information content (AvgIpc) is 2.93. The normalized spacial score (nSPS) is 19.5. The van der Waals surface area contributed by atoms with E-state index >= 15 is 0 Å². The minimum atomic E-state index is -0.422. The summed E-state index contributed by atoms with van der Waals surface area (Å²) in [4.78, 5) is 26.0. The van der Waals surface area contributed by atoms with Crippen molar-refractivity contribution in [3.8, 4) is 0 Å². The van der Waals surface area contributed by atoms with Crippen molar-refractivity contribution in [3.05, 3.63) is 29.8 Å². The van der Waals surface area contributed by atoms with E-state index in [2.05, 4.69) is 31.0 Å². The Bertz CT molecular complexity index is 592. The highest BCUT2D eigenvalue weighted by atomic mass is 16.2. The van der Waals surface area contributed by atoms with E-state index in [1.165, 1.54) is 0 Å². The summed E-state index contributed by atoms with van der Waals surface area (Å²) in [6, 6.07) is 7.46. The fourth-order valence-corrected chi connectivity index (χ4v) is 2.77. The molecule has 0 radical (unpaired) electrons. The van der Waals surface area contributed by atoms with Crippen molar-refractivity contribution in [2.75, 3.05) is 18.0 Å². The number of rotatable bonds is 4. The second-order valence-electron chi connectivity index (χ2n) is 7.41. The lowest BCUT2D eigenvalue weighted by Gasteiger charge is -2.27. The molecule has 2 rings (SSSR count). The molecule has 0 unspecified atom stereocenters. The van der Waals surface area contributed by atoms with E-state index in [1.807, 2.05) is 25.1 Å². The minimum Gasteiger partial charge on any atom is -0.369 e. The molecular weight excluding hydrogens is 290 g/mol. The zero-order valence-corrected chi connectivity index (χ0v) is 14.4. The van der Waals surface area contributed by atoms with E-state index in [-0.39, 0.29) is 23.3 Å². The molecule has 5 heteroatoms. The van der Waals surface area contributed by atoms with Crippen LogP contribution >= 0.6 is 0 Å². The van der Waals surface area contributed by atoms with Crippen molar-refractivity contribution in [2.45, 2.75) is 40.2 Å². The molecule has 0 bridgehead atoms. The van der Waals surface area contributed by atoms with Crippen LogP contribution in [0.1, 0.15) is 44.5 Å². The molecule has 0 spiro atoms. The van der Waals surface area contributed by atoms with Crippen LogP contribution < -0.4 is 16.0 Å². The molecule has 1 aromatic carbocycles. The van der Waals surface area contributed by atoms with Gasteiger partial charge in [-0.3, -0.25) is 9.59 Å². The van der Waals surface area contributed by atoms with Gasteiger partial charge in [-0.25, -0.2) is 0 Å². The van der Waals surface area contributed by atoms with Gasteiger partial charge in [0.1, 0.15) is 0 Å². The molecule has 1 saturated heterocycles. The van der Waals surface area contributed by atoms with Gasteiger partial charge < -0.3 is 16.0 Å². The quantitative estimate of drug-likeness (QED) is 0.893. The highest BCUT2D eigenvalue weighted by Crippen LogP contribution is 2.27. The summed E-state index contributed by atoms with van der Waals surface area (Å²) < 4.78 is 0. The van der Waals surface area contributed by atoms with E-state index in [9.17, 15) is 9.59 Å². The molecule has 2 atom stereocenters. The average molecular weight is 317 g/mol. The van der Waals surface area contributed by atoms with Crippen LogP contribution in [0.15, 0.2) is 24.3 Å². The van der Waals surface area contributed by atoms with E-state index in [0.717, 1.165) is 18.7 Å². The zero-order valence-electron chi connectivity index (χ0n) is 14.4. The second-order valence-corrected chi connectivity index (χ2v) is 7.41. The first kappa shape index (κ1) is 17.3. The number of hydrogen-bond donors (Lipinski definition) is 2. The maximum atomic E-state index is 12.4. The lowest BCUT2D eigenvalue weighted by atomic mass is 9.81. The van der Waals surface area contributed by atoms with Crippen LogP contribution in [0.25, 0.3) is 0 Å². The monoisotopic (exact) mass is 317 g/mol. The molecule has 1 aliphatic rings. The highest BCUT2D eigenvalue weighted by Gasteiger charge is 2.31. The number of para-hydroxylation sites is 1. The lowest BCUT2D eigenvalue weighted by molar-refractivity contribution is -0.128. The molecule has 5 nitrogen and oxygen atoms in total. The highest BCUT2D eigenvalue weighted by molar-refractivity contribution is 5.98. The van der Waals surface area contributed by atoms with Gasteiger partial charge in [-0.15, -0.1) is 0 Å². The number of amides is 2. The van der Waals surface area contributed by atoms with Crippen molar-refractivity contribution in [1.29, 1.82) is 0 Å². The molecular formula is C18H27N3O2. The molecule has 1 aromatic rings. The topological polar surface area (TPSA) is 75.4 Å². The third-order valence-electron chi connectivity index (χ3n) is 4.74. The van der Waals surface area contributed by atoms with Gasteiger partial charge in [-0.1, -0.05) is 39.8 Å². The van der Waals surface area contributed by atoms with Gasteiger partial charge >= 0.3 is 0 Å². The number of benzene rings is 1. The molecule has 1 fully saturated rings. The van der Waals surface area contributed by atoms with Gasteiger partial charge in [-0.05, 0) is 24.0 Å². The van der Waals surface area contributed by atoms with E-state index in [4.69, 9.17) is 5.73 Å². The molecule has 0 aromatic heterocycles. The van der Waals surface area contributed by atoms with Crippen LogP contribution in [0.3, 0.4) is 0 Å². The van der Waals surface area contributed by atoms with Crippen molar-refractivity contribution in [2.24, 2.45) is 17.1 Å². The van der Waals surface area contributed by atoms with Crippen LogP contribution in [0.4, 0.5) is 5.69 Å². The van der Waals surface area contributed by atoms with Crippen LogP contribution in [0, 0.1) is 11.3 Å². The molecule has 1 aliphatic heterocycles. The van der Waals surface area contributed by atoms with E-state index in [1.54, 1.807) is 6.07 Å². The maximum Gasteiger partial charge on any atom is 0.250 e. The standard InChI is InChI=1S/C18H27N3O2/c1-12(18(2,3)4)17(23)20-13-9-10-21(11-13)15-8-6-5-7-14(15)16(19)22/h5-8,12-13H,9-11H2,1-4H3,(H2,19,22)(H,20,23)/t12-,13-/m1/s1. The Morgan fingerprint density at radius 3 is 2.57 bits per heavy atom. The number of nitrogens with one attached hydrogen (secondary N) is 1. The predicted molar refractivity (Wildman–Crippen MR) is 92.3 cm³/mol. The van der Waals surface area contributed by atoms with E-state index < -0.39 is 5.91 Å². The first-order valence-corrected chi connectivity index (χ1v) is 8.14. The Labute approximate surface area is 138 Å². The van der Waals surface area contributed by atoms with Crippen molar-refractivity contribution < 1.29 is 9.59 Å². The Morgan fingerprint density at radius 2 is 1.96 bits per heavy atom. The van der Waals surface area contributed by atoms with Crippen LogP contribution in [0.2, 0.25) is 0 Å². The number of carbonyl (C=O) groups is 2. The SMILES string of the molecule is C[C@H](C(=O)N[C@@H]1CCN(c2ccccc2C(N)=O)C1)C(C)(C)C. The molecule has 0 saturated carbocycles. The van der Waals surface area contributed by atoms with Crippen molar-refractivity contribution in [3.63, 3.8) is 0 Å². The number of nitrogens with two attached hydrogens (primary N) is 1. The predicted octanol–water partition coefficient (Wildman–Crippen LogP) is 2.16. The fraction of sp³-hybridized carbons (Fsp3) is 0.556. The lowest BCUT2D eigenvalue weighted by Crippen LogP contribution is -2.43.